The van der Waals surface area contributed by atoms with E-state index in [1.165, 1.54) is 22.3 Å². The number of aryl methyl sites for hydroxylation is 2. The van der Waals surface area contributed by atoms with Crippen molar-refractivity contribution in [1.29, 1.82) is 0 Å². The van der Waals surface area contributed by atoms with Gasteiger partial charge in [0.2, 0.25) is 0 Å². The highest BCUT2D eigenvalue weighted by Gasteiger charge is 2.19. The molecule has 48 heavy (non-hydrogen) atoms. The predicted molar refractivity (Wildman–Crippen MR) is 193 cm³/mol. The maximum absolute atomic E-state index is 5.01. The molecule has 0 aliphatic heterocycles. The number of fused-ring (bicyclic) bond motifs is 2. The molecule has 0 atom stereocenters. The molecule has 3 aromatic heterocycles. The molecule has 4 aromatic carbocycles. The van der Waals surface area contributed by atoms with Crippen LogP contribution >= 0.6 is 0 Å². The van der Waals surface area contributed by atoms with E-state index < -0.39 is 0 Å². The maximum Gasteiger partial charge on any atom is 0.197 e. The Balaban J connectivity index is 1.14. The van der Waals surface area contributed by atoms with Gasteiger partial charge in [0, 0.05) is 21.9 Å². The van der Waals surface area contributed by atoms with Gasteiger partial charge in [-0.05, 0) is 75.5 Å². The average Bonchev–Trinajstić information content (AvgIpc) is 3.59. The summed E-state index contributed by atoms with van der Waals surface area (Å²) in [6, 6.07) is 32.9. The van der Waals surface area contributed by atoms with Crippen LogP contribution in [0.3, 0.4) is 0 Å². The van der Waals surface area contributed by atoms with Crippen LogP contribution in [0.15, 0.2) is 103 Å². The van der Waals surface area contributed by atoms with Crippen molar-refractivity contribution < 1.29 is 9.36 Å². The molecule has 3 heterocycles. The molecule has 0 amide bonds. The third-order valence-corrected chi connectivity index (χ3v) is 9.27. The minimum absolute atomic E-state index is 0.141. The predicted octanol–water partition coefficient (Wildman–Crippen LogP) is 7.46. The van der Waals surface area contributed by atoms with Crippen LogP contribution in [0.1, 0.15) is 63.8 Å². The van der Waals surface area contributed by atoms with E-state index in [1.807, 2.05) is 32.8 Å². The van der Waals surface area contributed by atoms with E-state index in [0.29, 0.717) is 0 Å². The average molecular weight is 636 g/mol. The van der Waals surface area contributed by atoms with Crippen molar-refractivity contribution in [3.05, 3.63) is 126 Å². The van der Waals surface area contributed by atoms with Crippen molar-refractivity contribution in [2.45, 2.75) is 65.5 Å². The molecule has 7 rings (SSSR count). The van der Waals surface area contributed by atoms with Gasteiger partial charge in [0.25, 0.3) is 0 Å². The van der Waals surface area contributed by atoms with Crippen LogP contribution < -0.4 is 9.36 Å². The van der Waals surface area contributed by atoms with E-state index in [1.54, 1.807) is 0 Å². The molecule has 0 fully saturated rings. The summed E-state index contributed by atoms with van der Waals surface area (Å²) >= 11 is 0. The van der Waals surface area contributed by atoms with Crippen LogP contribution in [0.4, 0.5) is 0 Å². The van der Waals surface area contributed by atoms with Crippen LogP contribution in [0.2, 0.25) is 0 Å². The molecule has 0 aliphatic carbocycles. The van der Waals surface area contributed by atoms with Crippen molar-refractivity contribution in [3.8, 4) is 22.5 Å². The molecule has 0 saturated carbocycles. The molecule has 7 aromatic rings. The van der Waals surface area contributed by atoms with Crippen LogP contribution in [0.25, 0.3) is 44.3 Å². The van der Waals surface area contributed by atoms with Gasteiger partial charge >= 0.3 is 0 Å². The summed E-state index contributed by atoms with van der Waals surface area (Å²) < 4.78 is 7.93. The van der Waals surface area contributed by atoms with Crippen molar-refractivity contribution in [2.24, 2.45) is 14.1 Å². The van der Waals surface area contributed by atoms with Gasteiger partial charge in [-0.15, -0.1) is 18.7 Å². The second-order valence-corrected chi connectivity index (χ2v) is 15.1. The standard InChI is InChI=1S/C41H45N7/c1-40(2,3)34-15-9-28(10-16-34)24-47-26-38(45(7)43-47)30-13-19-36-32(21-30)23-33-22-31(14-20-37(33)42-36)39-27-48(44-46(39)8)25-29-11-17-35(18-12-29)41(4,5)6/h9-23,26-27H,24-25H2,1-8H3/q+2. The lowest BCUT2D eigenvalue weighted by Crippen LogP contribution is -2.36. The third kappa shape index (κ3) is 6.37. The van der Waals surface area contributed by atoms with E-state index in [-0.39, 0.29) is 10.8 Å². The van der Waals surface area contributed by atoms with Gasteiger partial charge in [-0.3, -0.25) is 0 Å². The van der Waals surface area contributed by atoms with Crippen LogP contribution in [0, 0.1) is 0 Å². The van der Waals surface area contributed by atoms with Crippen molar-refractivity contribution >= 4 is 21.8 Å². The highest BCUT2D eigenvalue weighted by Crippen LogP contribution is 2.29. The summed E-state index contributed by atoms with van der Waals surface area (Å²) in [5.74, 6) is 0. The Bertz CT molecular complexity index is 2100. The Labute approximate surface area is 283 Å². The van der Waals surface area contributed by atoms with Crippen LogP contribution in [-0.4, -0.2) is 24.8 Å². The van der Waals surface area contributed by atoms with Crippen LogP contribution in [0.5, 0.6) is 0 Å². The van der Waals surface area contributed by atoms with E-state index in [9.17, 15) is 0 Å². The fourth-order valence-corrected chi connectivity index (χ4v) is 6.37. The topological polar surface area (TPSA) is 56.3 Å². The molecule has 0 radical (unpaired) electrons. The number of benzene rings is 4. The summed E-state index contributed by atoms with van der Waals surface area (Å²) in [5.41, 5.74) is 11.7. The number of pyridine rings is 1. The number of aromatic nitrogens is 7. The maximum atomic E-state index is 5.01. The smallest absolute Gasteiger partial charge is 0.197 e. The number of hydrogen-bond donors (Lipinski definition) is 0. The Morgan fingerprint density at radius 3 is 1.29 bits per heavy atom. The Hall–Kier alpha value is -5.17. The van der Waals surface area contributed by atoms with Gasteiger partial charge in [-0.1, -0.05) is 90.1 Å². The van der Waals surface area contributed by atoms with Gasteiger partial charge in [0.1, 0.15) is 27.2 Å². The molecule has 0 aliphatic rings. The SMILES string of the molecule is Cn1n[n+](Cc2ccc(C(C)(C)C)cc2)cc1-c1ccc2nc3ccc(-c4c[n+](Cc5ccc(C(C)(C)C)cc5)nn4C)cc3cc2c1. The molecular formula is C41H45N7+2. The minimum Gasteiger partial charge on any atom is -0.248 e. The quantitative estimate of drug-likeness (QED) is 0.141. The second-order valence-electron chi connectivity index (χ2n) is 15.1. The molecule has 0 bridgehead atoms. The summed E-state index contributed by atoms with van der Waals surface area (Å²) in [4.78, 5) is 5.01. The molecule has 0 N–H and O–H groups in total. The summed E-state index contributed by atoms with van der Waals surface area (Å²) in [6.07, 6.45) is 4.25. The van der Waals surface area contributed by atoms with Crippen molar-refractivity contribution in [2.75, 3.05) is 0 Å². The van der Waals surface area contributed by atoms with Gasteiger partial charge in [-0.2, -0.15) is 0 Å². The van der Waals surface area contributed by atoms with E-state index >= 15 is 0 Å². The zero-order valence-electron chi connectivity index (χ0n) is 29.4. The lowest BCUT2D eigenvalue weighted by molar-refractivity contribution is -0.747. The number of rotatable bonds is 6. The first-order valence-corrected chi connectivity index (χ1v) is 16.7. The number of nitrogens with zero attached hydrogens (tertiary/aromatic N) is 7. The lowest BCUT2D eigenvalue weighted by Gasteiger charge is -2.18. The molecule has 0 saturated heterocycles. The van der Waals surface area contributed by atoms with Gasteiger partial charge in [-0.25, -0.2) is 4.98 Å². The monoisotopic (exact) mass is 635 g/mol. The van der Waals surface area contributed by atoms with Crippen molar-refractivity contribution in [3.63, 3.8) is 0 Å². The first-order chi connectivity index (χ1) is 22.8. The van der Waals surface area contributed by atoms with Gasteiger partial charge < -0.3 is 0 Å². The van der Waals surface area contributed by atoms with Gasteiger partial charge in [0.05, 0.1) is 21.5 Å². The normalized spacial score (nSPS) is 12.3. The summed E-state index contributed by atoms with van der Waals surface area (Å²) in [7, 11) is 4.01. The van der Waals surface area contributed by atoms with Crippen LogP contribution in [-0.2, 0) is 38.0 Å². The van der Waals surface area contributed by atoms with Gasteiger partial charge in [0.15, 0.2) is 23.8 Å². The highest BCUT2D eigenvalue weighted by atomic mass is 15.5. The molecule has 242 valence electrons. The second kappa shape index (κ2) is 11.8. The zero-order chi connectivity index (χ0) is 33.8. The molecular weight excluding hydrogens is 591 g/mol. The molecule has 0 unspecified atom stereocenters. The van der Waals surface area contributed by atoms with E-state index in [0.717, 1.165) is 57.4 Å². The first kappa shape index (κ1) is 31.4. The lowest BCUT2D eigenvalue weighted by atomic mass is 9.87. The largest absolute Gasteiger partial charge is 0.248 e. The van der Waals surface area contributed by atoms with E-state index in [4.69, 9.17) is 15.4 Å². The zero-order valence-corrected chi connectivity index (χ0v) is 29.4. The Morgan fingerprint density at radius 2 is 0.917 bits per heavy atom. The first-order valence-electron chi connectivity index (χ1n) is 16.7. The molecule has 7 heteroatoms. The summed E-state index contributed by atoms with van der Waals surface area (Å²) in [6.45, 7) is 14.9. The minimum atomic E-state index is 0.141. The third-order valence-electron chi connectivity index (χ3n) is 9.27. The van der Waals surface area contributed by atoms with E-state index in [2.05, 4.69) is 145 Å². The highest BCUT2D eigenvalue weighted by molar-refractivity contribution is 5.96. The van der Waals surface area contributed by atoms with Crippen molar-refractivity contribution in [1.82, 2.24) is 24.8 Å². The fraction of sp³-hybridized carbons (Fsp3) is 0.293. The summed E-state index contributed by atoms with van der Waals surface area (Å²) in [5, 5.41) is 11.8. The Morgan fingerprint density at radius 1 is 0.521 bits per heavy atom. The fourth-order valence-electron chi connectivity index (χ4n) is 6.37. The molecule has 7 nitrogen and oxygen atoms in total. The number of hydrogen-bond acceptors (Lipinski definition) is 3. The molecule has 0 spiro atoms. The Kier molecular flexibility index (Phi) is 7.74.